The predicted molar refractivity (Wildman–Crippen MR) is 88.7 cm³/mol. The van der Waals surface area contributed by atoms with Crippen LogP contribution in [0.15, 0.2) is 48.5 Å². The minimum absolute atomic E-state index is 0.00970. The lowest BCUT2D eigenvalue weighted by Crippen LogP contribution is -2.47. The van der Waals surface area contributed by atoms with Gasteiger partial charge in [-0.3, -0.25) is 0 Å². The highest BCUT2D eigenvalue weighted by Gasteiger charge is 2.45. The third-order valence-electron chi connectivity index (χ3n) is 3.08. The van der Waals surface area contributed by atoms with Gasteiger partial charge < -0.3 is 14.6 Å². The highest BCUT2D eigenvalue weighted by Crippen LogP contribution is 2.35. The van der Waals surface area contributed by atoms with Gasteiger partial charge in [-0.15, -0.1) is 0 Å². The Kier molecular flexibility index (Phi) is 5.76. The van der Waals surface area contributed by atoms with Crippen LogP contribution in [0, 0.1) is 3.57 Å². The molecule has 2 rings (SSSR count). The van der Waals surface area contributed by atoms with E-state index in [4.69, 9.17) is 16.3 Å². The highest BCUT2D eigenvalue weighted by atomic mass is 127. The van der Waals surface area contributed by atoms with Crippen molar-refractivity contribution in [2.24, 2.45) is 0 Å². The van der Waals surface area contributed by atoms with Gasteiger partial charge in [-0.05, 0) is 46.4 Å². The van der Waals surface area contributed by atoms with E-state index in [1.165, 1.54) is 42.5 Å². The number of aliphatic carboxylic acids is 1. The molecular weight excluding hydrogens is 457 g/mol. The maximum Gasteiger partial charge on any atom is 0.340 e. The zero-order chi connectivity index (χ0) is 17.9. The summed E-state index contributed by atoms with van der Waals surface area (Å²) in [6.45, 7) is 0. The smallest absolute Gasteiger partial charge is 0.340 e. The number of carboxylic acids is 1. The lowest BCUT2D eigenvalue weighted by Gasteiger charge is -2.27. The Morgan fingerprint density at radius 2 is 1.79 bits per heavy atom. The van der Waals surface area contributed by atoms with Crippen LogP contribution in [0.5, 0.6) is 0 Å². The monoisotopic (exact) mass is 465 g/mol. The van der Waals surface area contributed by atoms with E-state index >= 15 is 0 Å². The first kappa shape index (κ1) is 18.6. The number of carbonyl (C=O) groups excluding carboxylic acids is 2. The van der Waals surface area contributed by atoms with Gasteiger partial charge in [0.25, 0.3) is 0 Å². The molecular formula is C16H9ClF2IO4-. The molecule has 0 aliphatic carbocycles. The van der Waals surface area contributed by atoms with Crippen LogP contribution in [0.25, 0.3) is 0 Å². The van der Waals surface area contributed by atoms with Crippen molar-refractivity contribution in [3.63, 3.8) is 0 Å². The number of alkyl halides is 2. The molecule has 0 heterocycles. The number of carboxylic acid groups (broad SMARTS) is 1. The average Bonchev–Trinajstić information content (AvgIpc) is 2.52. The zero-order valence-electron chi connectivity index (χ0n) is 11.8. The van der Waals surface area contributed by atoms with Crippen molar-refractivity contribution in [1.82, 2.24) is 0 Å². The summed E-state index contributed by atoms with van der Waals surface area (Å²) in [5.74, 6) is -8.21. The molecule has 0 amide bonds. The molecule has 2 aromatic carbocycles. The van der Waals surface area contributed by atoms with Crippen LogP contribution in [-0.4, -0.2) is 17.9 Å². The molecule has 24 heavy (non-hydrogen) atoms. The van der Waals surface area contributed by atoms with Crippen LogP contribution < -0.4 is 5.11 Å². The first-order chi connectivity index (χ1) is 11.2. The molecule has 0 fully saturated rings. The molecule has 0 spiro atoms. The van der Waals surface area contributed by atoms with Gasteiger partial charge in [-0.2, -0.15) is 8.78 Å². The van der Waals surface area contributed by atoms with Crippen LogP contribution in [0.1, 0.15) is 22.0 Å². The molecule has 0 aliphatic heterocycles. The lowest BCUT2D eigenvalue weighted by atomic mass is 10.0. The van der Waals surface area contributed by atoms with E-state index < -0.39 is 24.0 Å². The fraction of sp³-hybridized carbons (Fsp3) is 0.125. The molecule has 0 radical (unpaired) electrons. The van der Waals surface area contributed by atoms with Crippen molar-refractivity contribution in [2.45, 2.75) is 12.0 Å². The number of hydrogen-bond acceptors (Lipinski definition) is 4. The minimum atomic E-state index is -4.41. The van der Waals surface area contributed by atoms with E-state index in [1.807, 2.05) is 22.6 Å². The van der Waals surface area contributed by atoms with Crippen LogP contribution in [-0.2, 0) is 9.53 Å². The Morgan fingerprint density at radius 1 is 1.17 bits per heavy atom. The van der Waals surface area contributed by atoms with Gasteiger partial charge in [0.1, 0.15) is 5.97 Å². The van der Waals surface area contributed by atoms with Crippen molar-refractivity contribution in [3.05, 3.63) is 68.3 Å². The summed E-state index contributed by atoms with van der Waals surface area (Å²) in [5.41, 5.74) is -0.325. The number of ether oxygens (including phenoxy) is 1. The van der Waals surface area contributed by atoms with Crippen LogP contribution >= 0.6 is 34.2 Å². The second-order valence-corrected chi connectivity index (χ2v) is 6.38. The van der Waals surface area contributed by atoms with E-state index in [1.54, 1.807) is 6.07 Å². The van der Waals surface area contributed by atoms with E-state index in [9.17, 15) is 23.5 Å². The molecule has 1 atom stereocenters. The molecule has 0 N–H and O–H groups in total. The van der Waals surface area contributed by atoms with Gasteiger partial charge >= 0.3 is 11.9 Å². The fourth-order valence-corrected chi connectivity index (χ4v) is 2.84. The summed E-state index contributed by atoms with van der Waals surface area (Å²) in [7, 11) is 0. The third-order valence-corrected chi connectivity index (χ3v) is 4.06. The largest absolute Gasteiger partial charge is 0.544 e. The van der Waals surface area contributed by atoms with Crippen molar-refractivity contribution >= 4 is 46.1 Å². The van der Waals surface area contributed by atoms with Gasteiger partial charge in [-0.1, -0.05) is 41.9 Å². The average molecular weight is 466 g/mol. The molecule has 8 heteroatoms. The number of benzene rings is 2. The number of carbonyl (C=O) groups is 2. The lowest BCUT2D eigenvalue weighted by molar-refractivity contribution is -0.336. The topological polar surface area (TPSA) is 66.4 Å². The second-order valence-electron chi connectivity index (χ2n) is 4.73. The van der Waals surface area contributed by atoms with Crippen LogP contribution in [0.2, 0.25) is 5.02 Å². The first-order valence-corrected chi connectivity index (χ1v) is 7.99. The van der Waals surface area contributed by atoms with Gasteiger partial charge in [0.2, 0.25) is 0 Å². The number of esters is 1. The Hall–Kier alpha value is -1.74. The summed E-state index contributed by atoms with van der Waals surface area (Å²) in [4.78, 5) is 23.0. The molecule has 4 nitrogen and oxygen atoms in total. The SMILES string of the molecule is O=C(OC(c1ccccc1)C(F)(F)C(=O)[O-])c1ccc(I)cc1Cl. The Bertz CT molecular complexity index is 768. The van der Waals surface area contributed by atoms with E-state index in [0.717, 1.165) is 3.57 Å². The maximum absolute atomic E-state index is 14.0. The second kappa shape index (κ2) is 7.43. The van der Waals surface area contributed by atoms with E-state index in [0.29, 0.717) is 0 Å². The molecule has 0 aromatic heterocycles. The van der Waals surface area contributed by atoms with Crippen molar-refractivity contribution < 1.29 is 28.2 Å². The number of halogens is 4. The quantitative estimate of drug-likeness (QED) is 0.502. The molecule has 0 aliphatic rings. The molecule has 126 valence electrons. The van der Waals surface area contributed by atoms with Crippen molar-refractivity contribution in [3.8, 4) is 0 Å². The highest BCUT2D eigenvalue weighted by molar-refractivity contribution is 14.1. The Labute approximate surface area is 154 Å². The van der Waals surface area contributed by atoms with E-state index in [2.05, 4.69) is 0 Å². The van der Waals surface area contributed by atoms with Crippen molar-refractivity contribution in [1.29, 1.82) is 0 Å². The standard InChI is InChI=1S/C16H10ClF2IO4/c17-12-8-10(20)6-7-11(12)14(21)24-13(16(18,19)15(22)23)9-4-2-1-3-5-9/h1-8,13H,(H,22,23)/p-1. The summed E-state index contributed by atoms with van der Waals surface area (Å²) in [6, 6.07) is 11.1. The number of rotatable bonds is 5. The van der Waals surface area contributed by atoms with Crippen LogP contribution in [0.4, 0.5) is 8.78 Å². The number of hydrogen-bond donors (Lipinski definition) is 0. The minimum Gasteiger partial charge on any atom is -0.544 e. The molecule has 2 aromatic rings. The third kappa shape index (κ3) is 4.02. The summed E-state index contributed by atoms with van der Waals surface area (Å²) in [6.07, 6.45) is -2.34. The first-order valence-electron chi connectivity index (χ1n) is 6.53. The summed E-state index contributed by atoms with van der Waals surface area (Å²) in [5, 5.41) is 10.8. The Balaban J connectivity index is 2.38. The maximum atomic E-state index is 14.0. The van der Waals surface area contributed by atoms with Crippen molar-refractivity contribution in [2.75, 3.05) is 0 Å². The van der Waals surface area contributed by atoms with Crippen LogP contribution in [0.3, 0.4) is 0 Å². The molecule has 0 saturated carbocycles. The fourth-order valence-electron chi connectivity index (χ4n) is 1.91. The van der Waals surface area contributed by atoms with Gasteiger partial charge in [-0.25, -0.2) is 4.79 Å². The van der Waals surface area contributed by atoms with E-state index in [-0.39, 0.29) is 16.1 Å². The van der Waals surface area contributed by atoms with Gasteiger partial charge in [0.05, 0.1) is 10.6 Å². The molecule has 0 bridgehead atoms. The molecule has 1 unspecified atom stereocenters. The zero-order valence-corrected chi connectivity index (χ0v) is 14.8. The summed E-state index contributed by atoms with van der Waals surface area (Å²) >= 11 is 7.87. The Morgan fingerprint density at radius 3 is 2.33 bits per heavy atom. The van der Waals surface area contributed by atoms with Gasteiger partial charge in [0, 0.05) is 3.57 Å². The molecule has 0 saturated heterocycles. The van der Waals surface area contributed by atoms with Gasteiger partial charge in [0.15, 0.2) is 6.10 Å². The predicted octanol–water partition coefficient (Wildman–Crippen LogP) is 3.23. The summed E-state index contributed by atoms with van der Waals surface area (Å²) < 4.78 is 33.4. The normalized spacial score (nSPS) is 12.5.